The SMILES string of the molecule is CC(O/N=C(\C(=O)NC1C(=O)N(OSO)C1(C)C)c1csc(N)n1)C1CCc2cc(C3CN=C(NCCCN)NC3)ccc2O1. The summed E-state index contributed by atoms with van der Waals surface area (Å²) in [5, 5.41) is 16.3. The van der Waals surface area contributed by atoms with Gasteiger partial charge in [0.25, 0.3) is 11.8 Å². The van der Waals surface area contributed by atoms with Crippen LogP contribution in [0, 0.1) is 0 Å². The van der Waals surface area contributed by atoms with Crippen LogP contribution < -0.4 is 32.2 Å². The van der Waals surface area contributed by atoms with Crippen LogP contribution in [0.2, 0.25) is 0 Å². The van der Waals surface area contributed by atoms with E-state index in [0.717, 1.165) is 59.6 Å². The summed E-state index contributed by atoms with van der Waals surface area (Å²) in [5.74, 6) is 0.677. The standard InChI is InChI=1S/C28H39N9O6S2/c1-15(20-7-6-17-11-16(5-8-21(17)41-20)18-12-32-27(33-13-18)31-10-4-9-29)42-36-22(19-14-44-26(30)34-19)24(38)35-23-25(39)37(43-45-40)28(23,2)3/h5,8,11,14-15,18,20,23,40H,4,6-7,9-10,12-13,29H2,1-3H3,(H2,30,34)(H,35,38)(H2,31,32,33)/b36-22-. The first-order valence-corrected chi connectivity index (χ1v) is 16.3. The van der Waals surface area contributed by atoms with Crippen LogP contribution in [-0.4, -0.2) is 88.1 Å². The fourth-order valence-electron chi connectivity index (χ4n) is 5.37. The lowest BCUT2D eigenvalue weighted by Crippen LogP contribution is -2.76. The van der Waals surface area contributed by atoms with Crippen molar-refractivity contribution in [1.82, 2.24) is 26.0 Å². The molecule has 4 unspecified atom stereocenters. The molecule has 1 saturated heterocycles. The van der Waals surface area contributed by atoms with Crippen LogP contribution in [0.15, 0.2) is 33.7 Å². The van der Waals surface area contributed by atoms with Gasteiger partial charge in [-0.3, -0.25) is 14.6 Å². The van der Waals surface area contributed by atoms with Crippen molar-refractivity contribution in [1.29, 1.82) is 0 Å². The molecule has 2 amide bonds. The molecule has 17 heteroatoms. The van der Waals surface area contributed by atoms with Crippen molar-refractivity contribution in [3.63, 3.8) is 0 Å². The van der Waals surface area contributed by atoms with E-state index in [-0.39, 0.29) is 40.9 Å². The maximum Gasteiger partial charge on any atom is 0.276 e. The number of carbonyl (C=O) groups excluding carboxylic acids is 2. The molecule has 0 bridgehead atoms. The molecule has 1 fully saturated rings. The lowest BCUT2D eigenvalue weighted by Gasteiger charge is -2.50. The summed E-state index contributed by atoms with van der Waals surface area (Å²) in [5.41, 5.74) is 12.9. The third-order valence-corrected chi connectivity index (χ3v) is 8.95. The Bertz CT molecular complexity index is 1450. The van der Waals surface area contributed by atoms with Crippen LogP contribution in [0.4, 0.5) is 5.13 Å². The van der Waals surface area contributed by atoms with E-state index >= 15 is 0 Å². The number of amides is 2. The Labute approximate surface area is 269 Å². The predicted molar refractivity (Wildman–Crippen MR) is 172 cm³/mol. The number of aromatic nitrogens is 1. The van der Waals surface area contributed by atoms with Gasteiger partial charge in [-0.05, 0) is 63.8 Å². The average Bonchev–Trinajstić information content (AvgIpc) is 3.47. The zero-order chi connectivity index (χ0) is 32.1. The Morgan fingerprint density at radius 2 is 2.24 bits per heavy atom. The molecule has 0 spiro atoms. The summed E-state index contributed by atoms with van der Waals surface area (Å²) in [7, 11) is 0. The molecule has 45 heavy (non-hydrogen) atoms. The molecule has 0 aliphatic carbocycles. The molecule has 2 aromatic rings. The van der Waals surface area contributed by atoms with E-state index in [4.69, 9.17) is 29.9 Å². The van der Waals surface area contributed by atoms with Crippen molar-refractivity contribution < 1.29 is 28.0 Å². The van der Waals surface area contributed by atoms with E-state index in [1.165, 1.54) is 5.56 Å². The van der Waals surface area contributed by atoms with E-state index in [0.29, 0.717) is 19.5 Å². The van der Waals surface area contributed by atoms with Gasteiger partial charge in [-0.2, -0.15) is 9.35 Å². The van der Waals surface area contributed by atoms with Crippen LogP contribution in [0.3, 0.4) is 0 Å². The summed E-state index contributed by atoms with van der Waals surface area (Å²) in [4.78, 5) is 40.5. The first kappa shape index (κ1) is 32.7. The Morgan fingerprint density at radius 1 is 1.42 bits per heavy atom. The zero-order valence-corrected chi connectivity index (χ0v) is 27.0. The van der Waals surface area contributed by atoms with Gasteiger partial charge in [-0.15, -0.1) is 11.3 Å². The molecule has 5 rings (SSSR count). The number of carbonyl (C=O) groups is 2. The Balaban J connectivity index is 1.21. The fraction of sp³-hybridized carbons (Fsp3) is 0.536. The zero-order valence-electron chi connectivity index (χ0n) is 25.3. The Kier molecular flexibility index (Phi) is 10.3. The van der Waals surface area contributed by atoms with E-state index in [2.05, 4.69) is 43.2 Å². The lowest BCUT2D eigenvalue weighted by atomic mass is 9.84. The number of guanidine groups is 1. The molecule has 8 N–H and O–H groups in total. The molecule has 15 nitrogen and oxygen atoms in total. The number of hydroxylamine groups is 2. The molecule has 0 radical (unpaired) electrons. The molecule has 1 aromatic heterocycles. The highest BCUT2D eigenvalue weighted by atomic mass is 32.2. The van der Waals surface area contributed by atoms with Crippen LogP contribution in [0.25, 0.3) is 0 Å². The molecule has 0 saturated carbocycles. The Hall–Kier alpha value is -3.64. The molecular weight excluding hydrogens is 622 g/mol. The highest BCUT2D eigenvalue weighted by molar-refractivity contribution is 7.88. The molecule has 3 aliphatic heterocycles. The normalized spacial score (nSPS) is 23.1. The number of hydrogen-bond acceptors (Lipinski definition) is 15. The Morgan fingerprint density at radius 3 is 2.91 bits per heavy atom. The van der Waals surface area contributed by atoms with Crippen molar-refractivity contribution in [3.8, 4) is 5.75 Å². The topological polar surface area (TPSA) is 211 Å². The van der Waals surface area contributed by atoms with Gasteiger partial charge < -0.3 is 41.5 Å². The summed E-state index contributed by atoms with van der Waals surface area (Å²) in [6.45, 7) is 8.13. The number of thiazole rings is 1. The van der Waals surface area contributed by atoms with E-state index in [9.17, 15) is 9.59 Å². The van der Waals surface area contributed by atoms with Crippen molar-refractivity contribution in [3.05, 3.63) is 40.4 Å². The number of fused-ring (bicyclic) bond motifs is 1. The number of anilines is 1. The molecule has 3 aliphatic rings. The molecule has 1 aromatic carbocycles. The van der Waals surface area contributed by atoms with Gasteiger partial charge in [0.1, 0.15) is 23.6 Å². The van der Waals surface area contributed by atoms with Crippen LogP contribution >= 0.6 is 23.7 Å². The number of ether oxygens (including phenoxy) is 1. The molecule has 4 heterocycles. The second-order valence-corrected chi connectivity index (χ2v) is 12.7. The maximum atomic E-state index is 13.3. The number of hydrogen-bond donors (Lipinski definition) is 6. The summed E-state index contributed by atoms with van der Waals surface area (Å²) < 4.78 is 20.2. The fourth-order valence-corrected chi connectivity index (χ4v) is 6.25. The van der Waals surface area contributed by atoms with Crippen LogP contribution in [-0.2, 0) is 25.1 Å². The van der Waals surface area contributed by atoms with Crippen molar-refractivity contribution >= 4 is 52.3 Å². The molecular formula is C28H39N9O6S2. The van der Waals surface area contributed by atoms with Gasteiger partial charge in [0, 0.05) is 24.4 Å². The monoisotopic (exact) mass is 661 g/mol. The van der Waals surface area contributed by atoms with Crippen LogP contribution in [0.5, 0.6) is 5.75 Å². The van der Waals surface area contributed by atoms with Crippen LogP contribution in [0.1, 0.15) is 56.4 Å². The number of oxime groups is 1. The van der Waals surface area contributed by atoms with E-state index in [1.54, 1.807) is 19.2 Å². The first-order valence-electron chi connectivity index (χ1n) is 14.7. The number of benzene rings is 1. The number of nitrogen functional groups attached to an aromatic ring is 1. The van der Waals surface area contributed by atoms with E-state index in [1.807, 2.05) is 13.0 Å². The van der Waals surface area contributed by atoms with Gasteiger partial charge in [0.05, 0.1) is 12.1 Å². The summed E-state index contributed by atoms with van der Waals surface area (Å²) in [6.07, 6.45) is 1.56. The quantitative estimate of drug-likeness (QED) is 0.0626. The minimum atomic E-state index is -0.921. The average molecular weight is 662 g/mol. The first-order chi connectivity index (χ1) is 21.6. The highest BCUT2D eigenvalue weighted by Gasteiger charge is 2.57. The number of aliphatic imine (C=N–C) groups is 1. The van der Waals surface area contributed by atoms with Gasteiger partial charge in [0.15, 0.2) is 35.2 Å². The molecule has 4 atom stereocenters. The van der Waals surface area contributed by atoms with Gasteiger partial charge in [0.2, 0.25) is 0 Å². The largest absolute Gasteiger partial charge is 0.486 e. The highest BCUT2D eigenvalue weighted by Crippen LogP contribution is 2.34. The van der Waals surface area contributed by atoms with Crippen molar-refractivity contribution in [2.45, 2.75) is 69.7 Å². The number of nitrogens with one attached hydrogen (secondary N) is 3. The number of aryl methyl sites for hydroxylation is 1. The maximum absolute atomic E-state index is 13.3. The summed E-state index contributed by atoms with van der Waals surface area (Å²) in [6, 6.07) is 5.33. The minimum Gasteiger partial charge on any atom is -0.486 e. The van der Waals surface area contributed by atoms with Crippen molar-refractivity contribution in [2.75, 3.05) is 31.9 Å². The smallest absolute Gasteiger partial charge is 0.276 e. The van der Waals surface area contributed by atoms with Gasteiger partial charge in [-0.1, -0.05) is 17.3 Å². The summed E-state index contributed by atoms with van der Waals surface area (Å²) >= 11 is 1.20. The lowest BCUT2D eigenvalue weighted by molar-refractivity contribution is -0.214. The number of nitrogens with two attached hydrogens (primary N) is 2. The predicted octanol–water partition coefficient (Wildman–Crippen LogP) is 1.37. The number of β-lactam (4-membered cyclic amide) rings is 1. The molecule has 244 valence electrons. The number of rotatable bonds is 12. The number of nitrogens with zero attached hydrogens (tertiary/aromatic N) is 4. The second-order valence-electron chi connectivity index (χ2n) is 11.6. The van der Waals surface area contributed by atoms with Gasteiger partial charge in [-0.25, -0.2) is 4.98 Å². The van der Waals surface area contributed by atoms with E-state index < -0.39 is 29.5 Å². The third kappa shape index (κ3) is 7.27. The minimum absolute atomic E-state index is 0.0508. The second kappa shape index (κ2) is 14.2. The van der Waals surface area contributed by atoms with Crippen molar-refractivity contribution in [2.24, 2.45) is 15.9 Å². The van der Waals surface area contributed by atoms with Gasteiger partial charge >= 0.3 is 0 Å². The third-order valence-electron chi connectivity index (χ3n) is 8.07.